The molecule has 1 aliphatic carbocycles. The Balaban J connectivity index is 1.38. The molecule has 0 aliphatic heterocycles. The van der Waals surface area contributed by atoms with Crippen LogP contribution in [0.1, 0.15) is 23.3 Å². The van der Waals surface area contributed by atoms with Gasteiger partial charge in [0.15, 0.2) is 17.9 Å². The van der Waals surface area contributed by atoms with Crippen molar-refractivity contribution < 1.29 is 18.7 Å². The van der Waals surface area contributed by atoms with Crippen molar-refractivity contribution in [1.82, 2.24) is 15.3 Å². The van der Waals surface area contributed by atoms with Crippen LogP contribution in [-0.2, 0) is 0 Å². The van der Waals surface area contributed by atoms with Crippen LogP contribution >= 0.6 is 11.3 Å². The molecule has 160 valence electrons. The number of amides is 2. The number of hydrogen-bond donors (Lipinski definition) is 2. The van der Waals surface area contributed by atoms with Crippen molar-refractivity contribution >= 4 is 39.6 Å². The number of nitrogens with zero attached hydrogens (tertiary/aromatic N) is 2. The standard InChI is InChI=1S/C23H17FN4O3S/c24-17-9-15(28-23(30)27-14-3-4-14)5-6-19(17)31-20-7-8-25-18-10-21(32-22(18)20)13-1-2-16(12-29)26-11-13/h1-2,5-12,14H,3-4H2,(H2,27,28,30). The van der Waals surface area contributed by atoms with E-state index in [4.69, 9.17) is 4.74 Å². The van der Waals surface area contributed by atoms with Crippen LogP contribution in [-0.4, -0.2) is 28.3 Å². The molecule has 1 aromatic carbocycles. The first-order chi connectivity index (χ1) is 15.6. The van der Waals surface area contributed by atoms with Gasteiger partial charge in [-0.25, -0.2) is 9.18 Å². The van der Waals surface area contributed by atoms with Gasteiger partial charge in [0, 0.05) is 46.7 Å². The summed E-state index contributed by atoms with van der Waals surface area (Å²) in [6, 6.07) is 11.2. The van der Waals surface area contributed by atoms with Crippen LogP contribution in [0.15, 0.2) is 54.9 Å². The summed E-state index contributed by atoms with van der Waals surface area (Å²) >= 11 is 1.44. The normalized spacial score (nSPS) is 13.0. The number of ether oxygens (including phenoxy) is 1. The van der Waals surface area contributed by atoms with Gasteiger partial charge < -0.3 is 15.4 Å². The Labute approximate surface area is 186 Å². The largest absolute Gasteiger partial charge is 0.453 e. The summed E-state index contributed by atoms with van der Waals surface area (Å²) in [5.41, 5.74) is 2.25. The summed E-state index contributed by atoms with van der Waals surface area (Å²) in [6.45, 7) is 0. The molecule has 7 nitrogen and oxygen atoms in total. The Hall–Kier alpha value is -3.85. The molecule has 0 saturated heterocycles. The Morgan fingerprint density at radius 3 is 2.72 bits per heavy atom. The van der Waals surface area contributed by atoms with Crippen LogP contribution in [0, 0.1) is 5.82 Å². The van der Waals surface area contributed by atoms with Gasteiger partial charge in [-0.1, -0.05) is 0 Å². The van der Waals surface area contributed by atoms with Gasteiger partial charge in [-0.3, -0.25) is 14.8 Å². The number of pyridine rings is 2. The molecular weight excluding hydrogens is 431 g/mol. The first-order valence-corrected chi connectivity index (χ1v) is 10.8. The number of fused-ring (bicyclic) bond motifs is 1. The van der Waals surface area contributed by atoms with Gasteiger partial charge in [0.05, 0.1) is 10.2 Å². The smallest absolute Gasteiger partial charge is 0.319 e. The summed E-state index contributed by atoms with van der Waals surface area (Å²) < 4.78 is 21.3. The van der Waals surface area contributed by atoms with E-state index < -0.39 is 5.82 Å². The zero-order chi connectivity index (χ0) is 22.1. The Morgan fingerprint density at radius 1 is 1.12 bits per heavy atom. The molecule has 0 bridgehead atoms. The van der Waals surface area contributed by atoms with E-state index in [1.165, 1.54) is 23.5 Å². The molecule has 1 fully saturated rings. The van der Waals surface area contributed by atoms with Crippen molar-refractivity contribution in [2.75, 3.05) is 5.32 Å². The van der Waals surface area contributed by atoms with Gasteiger partial charge in [0.2, 0.25) is 0 Å². The molecule has 0 unspecified atom stereocenters. The molecule has 32 heavy (non-hydrogen) atoms. The Kier molecular flexibility index (Phi) is 5.24. The first kappa shape index (κ1) is 20.1. The minimum Gasteiger partial charge on any atom is -0.453 e. The maximum absolute atomic E-state index is 14.7. The molecule has 2 amide bonds. The van der Waals surface area contributed by atoms with Gasteiger partial charge in [-0.05, 0) is 43.2 Å². The van der Waals surface area contributed by atoms with Gasteiger partial charge in [-0.15, -0.1) is 11.3 Å². The van der Waals surface area contributed by atoms with Crippen molar-refractivity contribution in [3.8, 4) is 21.9 Å². The van der Waals surface area contributed by atoms with E-state index in [9.17, 15) is 14.0 Å². The van der Waals surface area contributed by atoms with Crippen molar-refractivity contribution in [2.24, 2.45) is 0 Å². The summed E-state index contributed by atoms with van der Waals surface area (Å²) in [5.74, 6) is -0.0861. The lowest BCUT2D eigenvalue weighted by Gasteiger charge is -2.10. The van der Waals surface area contributed by atoms with Gasteiger partial charge >= 0.3 is 6.03 Å². The summed E-state index contributed by atoms with van der Waals surface area (Å²) in [7, 11) is 0. The van der Waals surface area contributed by atoms with Crippen LogP contribution in [0.4, 0.5) is 14.9 Å². The van der Waals surface area contributed by atoms with Gasteiger partial charge in [0.25, 0.3) is 0 Å². The van der Waals surface area contributed by atoms with E-state index >= 15 is 0 Å². The topological polar surface area (TPSA) is 93.2 Å². The molecule has 1 aliphatic rings. The second-order valence-electron chi connectivity index (χ2n) is 7.34. The first-order valence-electron chi connectivity index (χ1n) is 9.94. The van der Waals surface area contributed by atoms with Crippen LogP contribution in [0.2, 0.25) is 0 Å². The third kappa shape index (κ3) is 4.28. The summed E-state index contributed by atoms with van der Waals surface area (Å²) in [5, 5.41) is 5.41. The lowest BCUT2D eigenvalue weighted by atomic mass is 10.2. The minimum atomic E-state index is -0.593. The molecule has 1 saturated carbocycles. The molecule has 9 heteroatoms. The van der Waals surface area contributed by atoms with Crippen LogP contribution in [0.3, 0.4) is 0 Å². The monoisotopic (exact) mass is 448 g/mol. The number of carbonyl (C=O) groups is 2. The van der Waals surface area contributed by atoms with Crippen molar-refractivity contribution in [2.45, 2.75) is 18.9 Å². The second-order valence-corrected chi connectivity index (χ2v) is 8.40. The lowest BCUT2D eigenvalue weighted by molar-refractivity contribution is 0.111. The maximum atomic E-state index is 14.7. The zero-order valence-electron chi connectivity index (χ0n) is 16.7. The second kappa shape index (κ2) is 8.35. The number of benzene rings is 1. The number of anilines is 1. The highest BCUT2D eigenvalue weighted by molar-refractivity contribution is 7.22. The molecule has 5 rings (SSSR count). The zero-order valence-corrected chi connectivity index (χ0v) is 17.5. The van der Waals surface area contributed by atoms with Crippen LogP contribution in [0.25, 0.3) is 20.7 Å². The SMILES string of the molecule is O=Cc1ccc(-c2cc3nccc(Oc4ccc(NC(=O)NC5CC5)cc4F)c3s2)cn1. The minimum absolute atomic E-state index is 0.0394. The molecule has 0 radical (unpaired) electrons. The number of aromatic nitrogens is 2. The predicted octanol–water partition coefficient (Wildman–Crippen LogP) is 5.39. The molecule has 4 aromatic rings. The predicted molar refractivity (Wildman–Crippen MR) is 120 cm³/mol. The van der Waals surface area contributed by atoms with Crippen molar-refractivity contribution in [3.63, 3.8) is 0 Å². The fourth-order valence-electron chi connectivity index (χ4n) is 3.12. The summed E-state index contributed by atoms with van der Waals surface area (Å²) in [6.07, 6.45) is 5.86. The average Bonchev–Trinajstić information content (AvgIpc) is 3.49. The van der Waals surface area contributed by atoms with E-state index in [2.05, 4.69) is 20.6 Å². The number of rotatable bonds is 6. The molecule has 2 N–H and O–H groups in total. The number of nitrogens with one attached hydrogen (secondary N) is 2. The highest BCUT2D eigenvalue weighted by Crippen LogP contribution is 2.39. The molecule has 3 aromatic heterocycles. The van der Waals surface area contributed by atoms with E-state index in [0.717, 1.165) is 28.0 Å². The van der Waals surface area contributed by atoms with Crippen LogP contribution < -0.4 is 15.4 Å². The maximum Gasteiger partial charge on any atom is 0.319 e. The molecule has 0 spiro atoms. The third-order valence-electron chi connectivity index (χ3n) is 4.89. The van der Waals surface area contributed by atoms with Gasteiger partial charge in [0.1, 0.15) is 11.4 Å². The molecular formula is C23H17FN4O3S. The summed E-state index contributed by atoms with van der Waals surface area (Å²) in [4.78, 5) is 32.0. The highest BCUT2D eigenvalue weighted by Gasteiger charge is 2.23. The Bertz CT molecular complexity index is 1320. The number of aldehydes is 1. The average molecular weight is 448 g/mol. The van der Waals surface area contributed by atoms with E-state index in [-0.39, 0.29) is 17.8 Å². The van der Waals surface area contributed by atoms with Crippen LogP contribution in [0.5, 0.6) is 11.5 Å². The van der Waals surface area contributed by atoms with Gasteiger partial charge in [-0.2, -0.15) is 0 Å². The number of halogens is 1. The fourth-order valence-corrected chi connectivity index (χ4v) is 4.17. The number of thiophene rings is 1. The fraction of sp³-hybridized carbons (Fsp3) is 0.130. The quantitative estimate of drug-likeness (QED) is 0.386. The van der Waals surface area contributed by atoms with Crippen molar-refractivity contribution in [1.29, 1.82) is 0 Å². The number of urea groups is 1. The van der Waals surface area contributed by atoms with E-state index in [0.29, 0.717) is 28.9 Å². The van der Waals surface area contributed by atoms with Crippen molar-refractivity contribution in [3.05, 3.63) is 66.4 Å². The number of carbonyl (C=O) groups excluding carboxylic acids is 2. The number of hydrogen-bond acceptors (Lipinski definition) is 6. The third-order valence-corrected chi connectivity index (χ3v) is 6.08. The van der Waals surface area contributed by atoms with E-state index in [1.807, 2.05) is 12.1 Å². The Morgan fingerprint density at radius 2 is 2.00 bits per heavy atom. The highest BCUT2D eigenvalue weighted by atomic mass is 32.1. The lowest BCUT2D eigenvalue weighted by Crippen LogP contribution is -2.30. The molecule has 3 heterocycles. The molecule has 0 atom stereocenters. The van der Waals surface area contributed by atoms with E-state index in [1.54, 1.807) is 30.6 Å².